The van der Waals surface area contributed by atoms with Gasteiger partial charge in [-0.15, -0.1) is 0 Å². The second-order valence-corrected chi connectivity index (χ2v) is 6.70. The Kier molecular flexibility index (Phi) is 4.36. The van der Waals surface area contributed by atoms with Gasteiger partial charge in [-0.25, -0.2) is 4.98 Å². The number of aromatic amines is 1. The molecule has 0 unspecified atom stereocenters. The van der Waals surface area contributed by atoms with Gasteiger partial charge in [0.1, 0.15) is 0 Å². The molecule has 1 heterocycles. The molecule has 1 N–H and O–H groups in total. The first kappa shape index (κ1) is 15.7. The summed E-state index contributed by atoms with van der Waals surface area (Å²) in [6, 6.07) is 26.2. The molecule has 0 radical (unpaired) electrons. The van der Waals surface area contributed by atoms with E-state index in [1.54, 1.807) is 6.07 Å². The maximum atomic E-state index is 12.1. The van der Waals surface area contributed by atoms with Crippen LogP contribution in [-0.2, 0) is 5.75 Å². The second-order valence-electron chi connectivity index (χ2n) is 5.74. The number of benzene rings is 3. The largest absolute Gasteiger partial charge is 0.301 e. The zero-order valence-corrected chi connectivity index (χ0v) is 14.3. The number of fused-ring (bicyclic) bond motifs is 1. The number of aromatic nitrogens is 2. The highest BCUT2D eigenvalue weighted by Gasteiger charge is 2.04. The van der Waals surface area contributed by atoms with Crippen LogP contribution in [0.5, 0.6) is 0 Å². The van der Waals surface area contributed by atoms with Crippen molar-refractivity contribution >= 4 is 22.7 Å². The van der Waals surface area contributed by atoms with E-state index in [0.717, 1.165) is 11.3 Å². The molecule has 0 saturated carbocycles. The van der Waals surface area contributed by atoms with Gasteiger partial charge in [0.25, 0.3) is 5.56 Å². The monoisotopic (exact) mass is 344 g/mol. The van der Waals surface area contributed by atoms with Crippen molar-refractivity contribution in [3.05, 3.63) is 94.8 Å². The third-order valence-corrected chi connectivity index (χ3v) is 4.97. The lowest BCUT2D eigenvalue weighted by Gasteiger charge is -2.05. The van der Waals surface area contributed by atoms with Gasteiger partial charge < -0.3 is 4.98 Å². The summed E-state index contributed by atoms with van der Waals surface area (Å²) >= 11 is 1.54. The van der Waals surface area contributed by atoms with Crippen LogP contribution in [0, 0.1) is 0 Å². The summed E-state index contributed by atoms with van der Waals surface area (Å²) in [5, 5.41) is 1.27. The fraction of sp³-hybridized carbons (Fsp3) is 0.0476. The summed E-state index contributed by atoms with van der Waals surface area (Å²) < 4.78 is 0. The summed E-state index contributed by atoms with van der Waals surface area (Å²) in [5.41, 5.74) is 4.25. The van der Waals surface area contributed by atoms with E-state index >= 15 is 0 Å². The Morgan fingerprint density at radius 2 is 1.48 bits per heavy atom. The van der Waals surface area contributed by atoms with Crippen LogP contribution < -0.4 is 5.56 Å². The highest BCUT2D eigenvalue weighted by Crippen LogP contribution is 2.23. The molecule has 1 aromatic heterocycles. The molecule has 3 aromatic carbocycles. The number of hydrogen-bond donors (Lipinski definition) is 1. The van der Waals surface area contributed by atoms with Crippen molar-refractivity contribution in [3.63, 3.8) is 0 Å². The van der Waals surface area contributed by atoms with Gasteiger partial charge in [-0.3, -0.25) is 4.79 Å². The normalized spacial score (nSPS) is 10.9. The Morgan fingerprint density at radius 1 is 0.800 bits per heavy atom. The smallest absolute Gasteiger partial charge is 0.259 e. The number of nitrogens with zero attached hydrogens (tertiary/aromatic N) is 1. The Labute approximate surface area is 149 Å². The molecule has 0 aliphatic rings. The first-order valence-electron chi connectivity index (χ1n) is 8.06. The Hall–Kier alpha value is -2.85. The third-order valence-electron chi connectivity index (χ3n) is 4.03. The minimum atomic E-state index is -0.0903. The van der Waals surface area contributed by atoms with Gasteiger partial charge in [0.05, 0.1) is 10.9 Å². The molecule has 0 saturated heterocycles. The molecule has 25 heavy (non-hydrogen) atoms. The molecule has 4 heteroatoms. The van der Waals surface area contributed by atoms with Crippen LogP contribution in [0.3, 0.4) is 0 Å². The van der Waals surface area contributed by atoms with E-state index in [1.807, 2.05) is 36.4 Å². The quantitative estimate of drug-likeness (QED) is 0.424. The van der Waals surface area contributed by atoms with Crippen LogP contribution in [0.2, 0.25) is 0 Å². The number of nitrogens with one attached hydrogen (secondary N) is 1. The maximum Gasteiger partial charge on any atom is 0.259 e. The molecule has 0 atom stereocenters. The van der Waals surface area contributed by atoms with Gasteiger partial charge in [0.15, 0.2) is 5.16 Å². The molecule has 4 aromatic rings. The highest BCUT2D eigenvalue weighted by molar-refractivity contribution is 7.98. The van der Waals surface area contributed by atoms with E-state index in [4.69, 9.17) is 0 Å². The Morgan fingerprint density at radius 3 is 2.28 bits per heavy atom. The predicted molar refractivity (Wildman–Crippen MR) is 104 cm³/mol. The third kappa shape index (κ3) is 3.49. The van der Waals surface area contributed by atoms with Crippen LogP contribution >= 0.6 is 11.8 Å². The van der Waals surface area contributed by atoms with Crippen molar-refractivity contribution in [2.75, 3.05) is 0 Å². The number of para-hydroxylation sites is 1. The average molecular weight is 344 g/mol. The van der Waals surface area contributed by atoms with Gasteiger partial charge >= 0.3 is 0 Å². The maximum absolute atomic E-state index is 12.1. The highest BCUT2D eigenvalue weighted by atomic mass is 32.2. The van der Waals surface area contributed by atoms with E-state index in [0.29, 0.717) is 10.5 Å². The first-order chi connectivity index (χ1) is 12.3. The summed E-state index contributed by atoms with van der Waals surface area (Å²) in [7, 11) is 0. The zero-order valence-electron chi connectivity index (χ0n) is 13.5. The summed E-state index contributed by atoms with van der Waals surface area (Å²) in [6.45, 7) is 0. The predicted octanol–water partition coefficient (Wildman–Crippen LogP) is 4.88. The van der Waals surface area contributed by atoms with Gasteiger partial charge in [-0.2, -0.15) is 0 Å². The molecular formula is C21H16N2OS. The lowest BCUT2D eigenvalue weighted by molar-refractivity contribution is 0.973. The molecule has 3 nitrogen and oxygen atoms in total. The molecule has 0 bridgehead atoms. The fourth-order valence-corrected chi connectivity index (χ4v) is 3.53. The SMILES string of the molecule is O=c1[nH]c(SCc2ccc(-c3ccccc3)cc2)nc2ccccc12. The minimum Gasteiger partial charge on any atom is -0.301 e. The number of H-pyrrole nitrogens is 1. The Balaban J connectivity index is 1.51. The van der Waals surface area contributed by atoms with Crippen molar-refractivity contribution in [1.82, 2.24) is 9.97 Å². The molecule has 0 spiro atoms. The topological polar surface area (TPSA) is 45.8 Å². The van der Waals surface area contributed by atoms with Crippen LogP contribution in [-0.4, -0.2) is 9.97 Å². The molecule has 4 rings (SSSR count). The number of rotatable bonds is 4. The van der Waals surface area contributed by atoms with Gasteiger partial charge in [0.2, 0.25) is 0 Å². The van der Waals surface area contributed by atoms with Gasteiger partial charge in [-0.1, -0.05) is 78.5 Å². The summed E-state index contributed by atoms with van der Waals surface area (Å²) in [6.07, 6.45) is 0. The van der Waals surface area contributed by atoms with E-state index in [-0.39, 0.29) is 5.56 Å². The van der Waals surface area contributed by atoms with Crippen molar-refractivity contribution in [1.29, 1.82) is 0 Å². The van der Waals surface area contributed by atoms with Crippen LogP contribution in [0.4, 0.5) is 0 Å². The van der Waals surface area contributed by atoms with Crippen molar-refractivity contribution in [3.8, 4) is 11.1 Å². The lowest BCUT2D eigenvalue weighted by atomic mass is 10.0. The molecule has 0 aliphatic heterocycles. The molecule has 0 fully saturated rings. The van der Waals surface area contributed by atoms with E-state index in [9.17, 15) is 4.79 Å². The Bertz CT molecular complexity index is 1060. The van der Waals surface area contributed by atoms with Crippen LogP contribution in [0.15, 0.2) is 88.8 Å². The first-order valence-corrected chi connectivity index (χ1v) is 9.04. The van der Waals surface area contributed by atoms with Gasteiger partial charge in [-0.05, 0) is 28.8 Å². The average Bonchev–Trinajstić information content (AvgIpc) is 2.68. The van der Waals surface area contributed by atoms with Crippen molar-refractivity contribution in [2.24, 2.45) is 0 Å². The molecule has 0 amide bonds. The van der Waals surface area contributed by atoms with E-state index in [1.165, 1.54) is 28.5 Å². The summed E-state index contributed by atoms with van der Waals surface area (Å²) in [4.78, 5) is 19.5. The lowest BCUT2D eigenvalue weighted by Crippen LogP contribution is -2.08. The fourth-order valence-electron chi connectivity index (χ4n) is 2.71. The van der Waals surface area contributed by atoms with Crippen LogP contribution in [0.1, 0.15) is 5.56 Å². The standard InChI is InChI=1S/C21H16N2OS/c24-20-18-8-4-5-9-19(18)22-21(23-20)25-14-15-10-12-17(13-11-15)16-6-2-1-3-7-16/h1-13H,14H2,(H,22,23,24). The van der Waals surface area contributed by atoms with E-state index in [2.05, 4.69) is 46.4 Å². The van der Waals surface area contributed by atoms with Crippen molar-refractivity contribution < 1.29 is 0 Å². The molecule has 0 aliphatic carbocycles. The molecule has 122 valence electrons. The van der Waals surface area contributed by atoms with Crippen LogP contribution in [0.25, 0.3) is 22.0 Å². The minimum absolute atomic E-state index is 0.0903. The number of thioether (sulfide) groups is 1. The zero-order chi connectivity index (χ0) is 17.1. The second kappa shape index (κ2) is 6.95. The van der Waals surface area contributed by atoms with E-state index < -0.39 is 0 Å². The van der Waals surface area contributed by atoms with Gasteiger partial charge in [0, 0.05) is 5.75 Å². The summed E-state index contributed by atoms with van der Waals surface area (Å²) in [5.74, 6) is 0.760. The van der Waals surface area contributed by atoms with Crippen molar-refractivity contribution in [2.45, 2.75) is 10.9 Å². The number of hydrogen-bond acceptors (Lipinski definition) is 3. The molecular weight excluding hydrogens is 328 g/mol.